The van der Waals surface area contributed by atoms with Crippen molar-refractivity contribution in [1.82, 2.24) is 15.3 Å². The van der Waals surface area contributed by atoms with Crippen LogP contribution in [0.25, 0.3) is 11.0 Å². The van der Waals surface area contributed by atoms with Crippen LogP contribution in [0.2, 0.25) is 0 Å². The summed E-state index contributed by atoms with van der Waals surface area (Å²) in [5, 5.41) is 3.45. The lowest BCUT2D eigenvalue weighted by Gasteiger charge is -2.22. The Balaban J connectivity index is 1.77. The maximum Gasteiger partial charge on any atom is 0.0882 e. The molecular formula is C13H17N3. The molecule has 84 valence electrons. The monoisotopic (exact) mass is 215 g/mol. The molecule has 0 spiro atoms. The van der Waals surface area contributed by atoms with Gasteiger partial charge in [0.15, 0.2) is 0 Å². The summed E-state index contributed by atoms with van der Waals surface area (Å²) >= 11 is 0. The Kier molecular flexibility index (Phi) is 2.62. The van der Waals surface area contributed by atoms with Gasteiger partial charge in [0, 0.05) is 11.9 Å². The van der Waals surface area contributed by atoms with Crippen molar-refractivity contribution in [3.05, 3.63) is 30.1 Å². The van der Waals surface area contributed by atoms with Crippen molar-refractivity contribution in [3.63, 3.8) is 0 Å². The minimum Gasteiger partial charge on any atom is -0.360 e. The van der Waals surface area contributed by atoms with Crippen molar-refractivity contribution in [1.29, 1.82) is 0 Å². The van der Waals surface area contributed by atoms with E-state index in [0.717, 1.165) is 29.9 Å². The summed E-state index contributed by atoms with van der Waals surface area (Å²) in [6, 6.07) is 6.32. The predicted molar refractivity (Wildman–Crippen MR) is 65.4 cm³/mol. The number of nitrogens with one attached hydrogen (secondary N) is 2. The van der Waals surface area contributed by atoms with Crippen LogP contribution in [0.1, 0.15) is 18.5 Å². The fraction of sp³-hybridized carbons (Fsp3) is 0.462. The smallest absolute Gasteiger partial charge is 0.0882 e. The fourth-order valence-corrected chi connectivity index (χ4v) is 2.48. The van der Waals surface area contributed by atoms with Crippen molar-refractivity contribution in [2.24, 2.45) is 5.92 Å². The number of piperidine rings is 1. The highest BCUT2D eigenvalue weighted by atomic mass is 14.9. The molecule has 0 aliphatic carbocycles. The zero-order valence-corrected chi connectivity index (χ0v) is 9.37. The number of aromatic amines is 1. The number of rotatable bonds is 2. The van der Waals surface area contributed by atoms with Gasteiger partial charge in [-0.15, -0.1) is 0 Å². The minimum atomic E-state index is 0.762. The maximum absolute atomic E-state index is 4.67. The lowest BCUT2D eigenvalue weighted by molar-refractivity contribution is 0.374. The molecule has 3 rings (SSSR count). The number of H-pyrrole nitrogens is 1. The Bertz CT molecular complexity index is 469. The molecule has 0 unspecified atom stereocenters. The van der Waals surface area contributed by atoms with E-state index in [1.54, 1.807) is 0 Å². The van der Waals surface area contributed by atoms with E-state index >= 15 is 0 Å². The number of fused-ring (bicyclic) bond motifs is 1. The minimum absolute atomic E-state index is 0.762. The van der Waals surface area contributed by atoms with Crippen LogP contribution in [0.15, 0.2) is 24.4 Å². The van der Waals surface area contributed by atoms with E-state index in [-0.39, 0.29) is 0 Å². The highest BCUT2D eigenvalue weighted by molar-refractivity contribution is 5.74. The molecule has 0 saturated carbocycles. The third-order valence-electron chi connectivity index (χ3n) is 3.36. The Morgan fingerprint density at radius 2 is 2.31 bits per heavy atom. The van der Waals surface area contributed by atoms with Gasteiger partial charge in [0.1, 0.15) is 0 Å². The highest BCUT2D eigenvalue weighted by Gasteiger charge is 2.14. The highest BCUT2D eigenvalue weighted by Crippen LogP contribution is 2.17. The summed E-state index contributed by atoms with van der Waals surface area (Å²) in [4.78, 5) is 7.85. The van der Waals surface area contributed by atoms with Crippen LogP contribution in [0.3, 0.4) is 0 Å². The summed E-state index contributed by atoms with van der Waals surface area (Å²) in [5.41, 5.74) is 3.44. The SMILES string of the molecule is c1cc2nc(C[C@@H]3CCCNC3)ccc2[nH]1. The molecule has 2 aromatic heterocycles. The molecule has 16 heavy (non-hydrogen) atoms. The Hall–Kier alpha value is -1.35. The van der Waals surface area contributed by atoms with Gasteiger partial charge in [-0.1, -0.05) is 0 Å². The van der Waals surface area contributed by atoms with Crippen molar-refractivity contribution < 1.29 is 0 Å². The van der Waals surface area contributed by atoms with Gasteiger partial charge < -0.3 is 10.3 Å². The summed E-state index contributed by atoms with van der Waals surface area (Å²) in [5.74, 6) is 0.762. The second-order valence-electron chi connectivity index (χ2n) is 4.63. The van der Waals surface area contributed by atoms with Crippen LogP contribution in [0, 0.1) is 5.92 Å². The topological polar surface area (TPSA) is 40.7 Å². The molecule has 1 atom stereocenters. The van der Waals surface area contributed by atoms with Crippen molar-refractivity contribution >= 4 is 11.0 Å². The van der Waals surface area contributed by atoms with E-state index in [4.69, 9.17) is 0 Å². The Morgan fingerprint density at radius 3 is 3.19 bits per heavy atom. The first kappa shape index (κ1) is 9.85. The number of hydrogen-bond acceptors (Lipinski definition) is 2. The van der Waals surface area contributed by atoms with Gasteiger partial charge in [-0.3, -0.25) is 4.98 Å². The van der Waals surface area contributed by atoms with Crippen molar-refractivity contribution in [2.45, 2.75) is 19.3 Å². The Labute approximate surface area is 95.3 Å². The van der Waals surface area contributed by atoms with Gasteiger partial charge >= 0.3 is 0 Å². The molecule has 1 saturated heterocycles. The molecule has 3 heterocycles. The van der Waals surface area contributed by atoms with Crippen LogP contribution in [-0.2, 0) is 6.42 Å². The van der Waals surface area contributed by atoms with Gasteiger partial charge in [0.05, 0.1) is 11.0 Å². The van der Waals surface area contributed by atoms with E-state index < -0.39 is 0 Å². The van der Waals surface area contributed by atoms with Crippen molar-refractivity contribution in [2.75, 3.05) is 13.1 Å². The summed E-state index contributed by atoms with van der Waals surface area (Å²) in [6.07, 6.45) is 5.69. The summed E-state index contributed by atoms with van der Waals surface area (Å²) in [6.45, 7) is 2.33. The van der Waals surface area contributed by atoms with Crippen molar-refractivity contribution in [3.8, 4) is 0 Å². The molecule has 1 aliphatic heterocycles. The molecule has 0 radical (unpaired) electrons. The maximum atomic E-state index is 4.67. The van der Waals surface area contributed by atoms with E-state index in [2.05, 4.69) is 27.4 Å². The van der Waals surface area contributed by atoms with E-state index in [0.29, 0.717) is 0 Å². The second-order valence-corrected chi connectivity index (χ2v) is 4.63. The zero-order valence-electron chi connectivity index (χ0n) is 9.37. The average molecular weight is 215 g/mol. The van der Waals surface area contributed by atoms with E-state index in [1.807, 2.05) is 12.3 Å². The molecule has 0 amide bonds. The third-order valence-corrected chi connectivity index (χ3v) is 3.36. The first-order chi connectivity index (χ1) is 7.92. The quantitative estimate of drug-likeness (QED) is 0.805. The largest absolute Gasteiger partial charge is 0.360 e. The molecule has 3 nitrogen and oxygen atoms in total. The average Bonchev–Trinajstić information content (AvgIpc) is 2.77. The molecule has 1 fully saturated rings. The van der Waals surface area contributed by atoms with Crippen LogP contribution >= 0.6 is 0 Å². The lowest BCUT2D eigenvalue weighted by Crippen LogP contribution is -2.31. The summed E-state index contributed by atoms with van der Waals surface area (Å²) in [7, 11) is 0. The molecule has 0 aromatic carbocycles. The van der Waals surface area contributed by atoms with E-state index in [9.17, 15) is 0 Å². The van der Waals surface area contributed by atoms with Gasteiger partial charge in [-0.25, -0.2) is 0 Å². The van der Waals surface area contributed by atoms with Gasteiger partial charge in [0.2, 0.25) is 0 Å². The standard InChI is InChI=1S/C13H17N3/c1-2-10(9-14-6-1)8-11-3-4-12-13(16-11)5-7-15-12/h3-5,7,10,14-15H,1-2,6,8-9H2/t10-/m0/s1. The first-order valence-electron chi connectivity index (χ1n) is 6.05. The number of pyridine rings is 1. The van der Waals surface area contributed by atoms with Crippen LogP contribution in [0.5, 0.6) is 0 Å². The first-order valence-corrected chi connectivity index (χ1v) is 6.05. The predicted octanol–water partition coefficient (Wildman–Crippen LogP) is 2.10. The summed E-state index contributed by atoms with van der Waals surface area (Å²) < 4.78 is 0. The number of aromatic nitrogens is 2. The molecular weight excluding hydrogens is 198 g/mol. The van der Waals surface area contributed by atoms with Gasteiger partial charge in [-0.2, -0.15) is 0 Å². The number of hydrogen-bond donors (Lipinski definition) is 2. The third kappa shape index (κ3) is 1.95. The molecule has 2 aromatic rings. The molecule has 0 bridgehead atoms. The second kappa shape index (κ2) is 4.26. The molecule has 1 aliphatic rings. The Morgan fingerprint density at radius 1 is 1.31 bits per heavy atom. The number of nitrogens with zero attached hydrogens (tertiary/aromatic N) is 1. The zero-order chi connectivity index (χ0) is 10.8. The molecule has 3 heteroatoms. The van der Waals surface area contributed by atoms with Gasteiger partial charge in [-0.05, 0) is 56.5 Å². The van der Waals surface area contributed by atoms with Gasteiger partial charge in [0.25, 0.3) is 0 Å². The fourth-order valence-electron chi connectivity index (χ4n) is 2.48. The lowest BCUT2D eigenvalue weighted by atomic mass is 9.94. The molecule has 2 N–H and O–H groups in total. The van der Waals surface area contributed by atoms with E-state index in [1.165, 1.54) is 25.1 Å². The van der Waals surface area contributed by atoms with Crippen LogP contribution < -0.4 is 5.32 Å². The van der Waals surface area contributed by atoms with Crippen LogP contribution in [0.4, 0.5) is 0 Å². The normalized spacial score (nSPS) is 21.4. The van der Waals surface area contributed by atoms with Crippen LogP contribution in [-0.4, -0.2) is 23.1 Å².